The summed E-state index contributed by atoms with van der Waals surface area (Å²) in [5, 5.41) is 0. The van der Waals surface area contributed by atoms with E-state index in [0.29, 0.717) is 5.95 Å². The van der Waals surface area contributed by atoms with E-state index in [9.17, 15) is 0 Å². The number of hydrogen-bond acceptors (Lipinski definition) is 5. The number of nitrogens with zero attached hydrogens (tertiary/aromatic N) is 5. The van der Waals surface area contributed by atoms with Gasteiger partial charge in [0.1, 0.15) is 5.65 Å². The van der Waals surface area contributed by atoms with Crippen molar-refractivity contribution in [2.45, 2.75) is 26.4 Å². The Morgan fingerprint density at radius 2 is 2.18 bits per heavy atom. The number of aromatic nitrogens is 4. The van der Waals surface area contributed by atoms with Gasteiger partial charge in [0.25, 0.3) is 0 Å². The first-order valence-electron chi connectivity index (χ1n) is 7.46. The number of imidazole rings is 1. The first-order chi connectivity index (χ1) is 10.7. The average molecular weight is 294 g/mol. The summed E-state index contributed by atoms with van der Waals surface area (Å²) in [6.07, 6.45) is 4.84. The summed E-state index contributed by atoms with van der Waals surface area (Å²) in [5.74, 6) is 0.366. The SMILES string of the molecule is Cc1nc2ccccn2c1CN1CCc2nc(N)ncc2C1. The summed E-state index contributed by atoms with van der Waals surface area (Å²) in [5.41, 5.74) is 11.3. The van der Waals surface area contributed by atoms with E-state index >= 15 is 0 Å². The van der Waals surface area contributed by atoms with Crippen LogP contribution in [0.1, 0.15) is 22.6 Å². The lowest BCUT2D eigenvalue weighted by atomic mass is 10.1. The molecule has 22 heavy (non-hydrogen) atoms. The van der Waals surface area contributed by atoms with Gasteiger partial charge < -0.3 is 10.1 Å². The monoisotopic (exact) mass is 294 g/mol. The van der Waals surface area contributed by atoms with Gasteiger partial charge in [0, 0.05) is 44.0 Å². The fourth-order valence-electron chi connectivity index (χ4n) is 3.09. The van der Waals surface area contributed by atoms with Gasteiger partial charge in [-0.3, -0.25) is 4.90 Å². The third-order valence-corrected chi connectivity index (χ3v) is 4.23. The molecule has 0 saturated heterocycles. The maximum Gasteiger partial charge on any atom is 0.220 e. The number of rotatable bonds is 2. The van der Waals surface area contributed by atoms with Crippen molar-refractivity contribution < 1.29 is 0 Å². The van der Waals surface area contributed by atoms with Gasteiger partial charge in [0.2, 0.25) is 5.95 Å². The average Bonchev–Trinajstić information content (AvgIpc) is 2.83. The van der Waals surface area contributed by atoms with Crippen molar-refractivity contribution in [3.8, 4) is 0 Å². The van der Waals surface area contributed by atoms with Crippen molar-refractivity contribution in [3.63, 3.8) is 0 Å². The Balaban J connectivity index is 1.61. The molecule has 0 saturated carbocycles. The van der Waals surface area contributed by atoms with Crippen LogP contribution in [0.5, 0.6) is 0 Å². The molecule has 0 aromatic carbocycles. The number of hydrogen-bond donors (Lipinski definition) is 1. The Morgan fingerprint density at radius 1 is 1.27 bits per heavy atom. The molecule has 1 aliphatic rings. The maximum absolute atomic E-state index is 5.66. The first-order valence-corrected chi connectivity index (χ1v) is 7.46. The molecule has 0 atom stereocenters. The van der Waals surface area contributed by atoms with E-state index in [1.807, 2.05) is 24.4 Å². The smallest absolute Gasteiger partial charge is 0.220 e. The van der Waals surface area contributed by atoms with Crippen LogP contribution in [0.15, 0.2) is 30.6 Å². The number of nitrogens with two attached hydrogens (primary N) is 1. The normalized spacial score (nSPS) is 15.1. The molecule has 0 aliphatic carbocycles. The van der Waals surface area contributed by atoms with Crippen LogP contribution in [-0.2, 0) is 19.5 Å². The van der Waals surface area contributed by atoms with E-state index < -0.39 is 0 Å². The zero-order valence-electron chi connectivity index (χ0n) is 12.5. The summed E-state index contributed by atoms with van der Waals surface area (Å²) in [6, 6.07) is 6.10. The molecule has 2 N–H and O–H groups in total. The van der Waals surface area contributed by atoms with E-state index in [1.165, 1.54) is 11.3 Å². The van der Waals surface area contributed by atoms with Gasteiger partial charge in [0.15, 0.2) is 0 Å². The van der Waals surface area contributed by atoms with E-state index in [1.54, 1.807) is 0 Å². The molecule has 6 nitrogen and oxygen atoms in total. The highest BCUT2D eigenvalue weighted by Crippen LogP contribution is 2.21. The minimum atomic E-state index is 0.366. The summed E-state index contributed by atoms with van der Waals surface area (Å²) in [7, 11) is 0. The Hall–Kier alpha value is -2.47. The van der Waals surface area contributed by atoms with Crippen LogP contribution < -0.4 is 5.73 Å². The third-order valence-electron chi connectivity index (χ3n) is 4.23. The van der Waals surface area contributed by atoms with Gasteiger partial charge in [-0.2, -0.15) is 0 Å². The molecule has 0 unspecified atom stereocenters. The topological polar surface area (TPSA) is 72.3 Å². The van der Waals surface area contributed by atoms with Crippen LogP contribution in [0, 0.1) is 6.92 Å². The predicted octanol–water partition coefficient (Wildman–Crippen LogP) is 1.57. The van der Waals surface area contributed by atoms with Gasteiger partial charge >= 0.3 is 0 Å². The molecule has 0 amide bonds. The first kappa shape index (κ1) is 13.2. The van der Waals surface area contributed by atoms with Crippen molar-refractivity contribution in [2.24, 2.45) is 0 Å². The van der Waals surface area contributed by atoms with Crippen molar-refractivity contribution >= 4 is 11.6 Å². The Kier molecular flexibility index (Phi) is 3.04. The fourth-order valence-corrected chi connectivity index (χ4v) is 3.09. The van der Waals surface area contributed by atoms with Gasteiger partial charge in [-0.05, 0) is 19.1 Å². The van der Waals surface area contributed by atoms with Crippen molar-refractivity contribution in [3.05, 3.63) is 53.2 Å². The summed E-state index contributed by atoms with van der Waals surface area (Å²) >= 11 is 0. The Bertz CT molecular complexity index is 838. The van der Waals surface area contributed by atoms with Gasteiger partial charge in [-0.15, -0.1) is 0 Å². The molecular weight excluding hydrogens is 276 g/mol. The lowest BCUT2D eigenvalue weighted by Gasteiger charge is -2.27. The zero-order chi connectivity index (χ0) is 15.1. The highest BCUT2D eigenvalue weighted by atomic mass is 15.2. The molecule has 0 spiro atoms. The summed E-state index contributed by atoms with van der Waals surface area (Å²) < 4.78 is 2.17. The molecule has 3 aromatic heterocycles. The fraction of sp³-hybridized carbons (Fsp3) is 0.312. The third kappa shape index (κ3) is 2.21. The van der Waals surface area contributed by atoms with Gasteiger partial charge in [-0.25, -0.2) is 15.0 Å². The Morgan fingerprint density at radius 3 is 3.09 bits per heavy atom. The molecule has 4 heterocycles. The molecular formula is C16H18N6. The van der Waals surface area contributed by atoms with E-state index in [-0.39, 0.29) is 0 Å². The number of anilines is 1. The molecule has 3 aromatic rings. The van der Waals surface area contributed by atoms with E-state index in [2.05, 4.69) is 37.4 Å². The number of fused-ring (bicyclic) bond motifs is 2. The maximum atomic E-state index is 5.66. The predicted molar refractivity (Wildman–Crippen MR) is 84.2 cm³/mol. The zero-order valence-corrected chi connectivity index (χ0v) is 12.5. The lowest BCUT2D eigenvalue weighted by molar-refractivity contribution is 0.239. The van der Waals surface area contributed by atoms with Crippen LogP contribution in [-0.4, -0.2) is 30.8 Å². The van der Waals surface area contributed by atoms with E-state index in [4.69, 9.17) is 5.73 Å². The van der Waals surface area contributed by atoms with Crippen LogP contribution in [0.3, 0.4) is 0 Å². The Labute approximate surface area is 128 Å². The quantitative estimate of drug-likeness (QED) is 0.777. The van der Waals surface area contributed by atoms with Crippen LogP contribution in [0.25, 0.3) is 5.65 Å². The molecule has 4 rings (SSSR count). The summed E-state index contributed by atoms with van der Waals surface area (Å²) in [4.78, 5) is 15.5. The van der Waals surface area contributed by atoms with Crippen LogP contribution >= 0.6 is 0 Å². The van der Waals surface area contributed by atoms with E-state index in [0.717, 1.165) is 43.1 Å². The van der Waals surface area contributed by atoms with Gasteiger partial charge in [0.05, 0.1) is 17.1 Å². The second kappa shape index (κ2) is 5.06. The minimum absolute atomic E-state index is 0.366. The highest BCUT2D eigenvalue weighted by Gasteiger charge is 2.20. The largest absolute Gasteiger partial charge is 0.368 e. The molecule has 6 heteroatoms. The molecule has 0 bridgehead atoms. The van der Waals surface area contributed by atoms with Crippen molar-refractivity contribution in [1.82, 2.24) is 24.3 Å². The standard InChI is InChI=1S/C16H18N6/c1-11-14(22-6-3-2-4-15(22)19-11)10-21-7-5-13-12(9-21)8-18-16(17)20-13/h2-4,6,8H,5,7,9-10H2,1H3,(H2,17,18,20). The van der Waals surface area contributed by atoms with Crippen LogP contribution in [0.2, 0.25) is 0 Å². The molecule has 0 radical (unpaired) electrons. The van der Waals surface area contributed by atoms with Crippen LogP contribution in [0.4, 0.5) is 5.95 Å². The lowest BCUT2D eigenvalue weighted by Crippen LogP contribution is -2.31. The molecule has 1 aliphatic heterocycles. The number of aryl methyl sites for hydroxylation is 1. The number of nitrogen functional groups attached to an aromatic ring is 1. The number of pyridine rings is 1. The highest BCUT2D eigenvalue weighted by molar-refractivity contribution is 5.42. The minimum Gasteiger partial charge on any atom is -0.368 e. The molecule has 112 valence electrons. The van der Waals surface area contributed by atoms with Gasteiger partial charge in [-0.1, -0.05) is 6.07 Å². The molecule has 0 fully saturated rings. The van der Waals surface area contributed by atoms with Crippen molar-refractivity contribution in [2.75, 3.05) is 12.3 Å². The second-order valence-electron chi connectivity index (χ2n) is 5.73. The second-order valence-corrected chi connectivity index (χ2v) is 5.73. The van der Waals surface area contributed by atoms with Crippen molar-refractivity contribution in [1.29, 1.82) is 0 Å². The summed E-state index contributed by atoms with van der Waals surface area (Å²) in [6.45, 7) is 4.78.